The van der Waals surface area contributed by atoms with Gasteiger partial charge in [0.1, 0.15) is 0 Å². The molecule has 1 fully saturated rings. The molecular formula is C7H9N3O. The molecule has 0 radical (unpaired) electrons. The van der Waals surface area contributed by atoms with Gasteiger partial charge in [-0.3, -0.25) is 4.79 Å². The minimum atomic E-state index is 0.475. The van der Waals surface area contributed by atoms with Gasteiger partial charge in [0.15, 0.2) is 0 Å². The van der Waals surface area contributed by atoms with E-state index in [0.29, 0.717) is 5.92 Å². The van der Waals surface area contributed by atoms with E-state index < -0.39 is 0 Å². The summed E-state index contributed by atoms with van der Waals surface area (Å²) in [5, 5.41) is 0. The summed E-state index contributed by atoms with van der Waals surface area (Å²) in [5.41, 5.74) is 1.13. The molecule has 0 unspecified atom stereocenters. The van der Waals surface area contributed by atoms with Crippen molar-refractivity contribution in [2.75, 3.05) is 13.1 Å². The van der Waals surface area contributed by atoms with E-state index in [0.717, 1.165) is 25.2 Å². The Hall–Kier alpha value is -1.32. The molecule has 0 aromatic carbocycles. The van der Waals surface area contributed by atoms with E-state index >= 15 is 0 Å². The number of carbonyl (C=O) groups excluding carboxylic acids is 1. The third kappa shape index (κ3) is 1.00. The van der Waals surface area contributed by atoms with Crippen molar-refractivity contribution in [1.82, 2.24) is 14.9 Å². The fourth-order valence-electron chi connectivity index (χ4n) is 1.29. The largest absolute Gasteiger partial charge is 0.348 e. The average Bonchev–Trinajstić information content (AvgIpc) is 2.37. The highest BCUT2D eigenvalue weighted by atomic mass is 16.1. The Morgan fingerprint density at radius 2 is 2.55 bits per heavy atom. The first-order valence-corrected chi connectivity index (χ1v) is 3.58. The molecule has 0 atom stereocenters. The summed E-state index contributed by atoms with van der Waals surface area (Å²) >= 11 is 0. The van der Waals surface area contributed by atoms with Crippen LogP contribution in [-0.2, 0) is 4.79 Å². The predicted molar refractivity (Wildman–Crippen MR) is 39.0 cm³/mol. The van der Waals surface area contributed by atoms with Crippen LogP contribution in [0.25, 0.3) is 0 Å². The molecule has 1 aromatic heterocycles. The Morgan fingerprint density at radius 3 is 3.09 bits per heavy atom. The summed E-state index contributed by atoms with van der Waals surface area (Å²) in [4.78, 5) is 18.9. The number of H-pyrrole nitrogens is 1. The Kier molecular flexibility index (Phi) is 1.38. The SMILES string of the molecule is O=CN1CC(c2cnc[nH]2)C1. The first-order valence-electron chi connectivity index (χ1n) is 3.58. The number of nitrogens with zero attached hydrogens (tertiary/aromatic N) is 2. The van der Waals surface area contributed by atoms with Gasteiger partial charge in [-0.15, -0.1) is 0 Å². The van der Waals surface area contributed by atoms with Crippen molar-refractivity contribution in [2.24, 2.45) is 0 Å². The number of aromatic amines is 1. The van der Waals surface area contributed by atoms with Crippen LogP contribution >= 0.6 is 0 Å². The van der Waals surface area contributed by atoms with Crippen LogP contribution in [0.2, 0.25) is 0 Å². The third-order valence-corrected chi connectivity index (χ3v) is 2.02. The maximum Gasteiger partial charge on any atom is 0.209 e. The van der Waals surface area contributed by atoms with Crippen molar-refractivity contribution in [3.63, 3.8) is 0 Å². The lowest BCUT2D eigenvalue weighted by atomic mass is 9.98. The molecule has 1 aliphatic heterocycles. The van der Waals surface area contributed by atoms with Gasteiger partial charge >= 0.3 is 0 Å². The zero-order valence-corrected chi connectivity index (χ0v) is 6.03. The van der Waals surface area contributed by atoms with Gasteiger partial charge < -0.3 is 9.88 Å². The summed E-state index contributed by atoms with van der Waals surface area (Å²) in [6.07, 6.45) is 4.36. The Balaban J connectivity index is 1.97. The van der Waals surface area contributed by atoms with Crippen LogP contribution in [0.3, 0.4) is 0 Å². The maximum absolute atomic E-state index is 10.2. The summed E-state index contributed by atoms with van der Waals surface area (Å²) in [6.45, 7) is 1.65. The molecule has 4 nitrogen and oxygen atoms in total. The molecule has 11 heavy (non-hydrogen) atoms. The normalized spacial score (nSPS) is 18.0. The molecule has 2 rings (SSSR count). The summed E-state index contributed by atoms with van der Waals surface area (Å²) in [7, 11) is 0. The number of hydrogen-bond donors (Lipinski definition) is 1. The van der Waals surface area contributed by atoms with Crippen molar-refractivity contribution in [1.29, 1.82) is 0 Å². The Labute approximate surface area is 64.2 Å². The summed E-state index contributed by atoms with van der Waals surface area (Å²) in [6, 6.07) is 0. The zero-order valence-electron chi connectivity index (χ0n) is 6.03. The standard InChI is InChI=1S/C7H9N3O/c11-5-10-2-6(3-10)7-1-8-4-9-7/h1,4-6H,2-3H2,(H,8,9). The van der Waals surface area contributed by atoms with E-state index in [1.54, 1.807) is 11.2 Å². The van der Waals surface area contributed by atoms with Gasteiger partial charge in [-0.1, -0.05) is 0 Å². The molecule has 1 saturated heterocycles. The number of amides is 1. The number of likely N-dealkylation sites (tertiary alicyclic amines) is 1. The molecule has 1 N–H and O–H groups in total. The molecule has 4 heteroatoms. The number of carbonyl (C=O) groups is 1. The molecule has 1 aliphatic rings. The van der Waals surface area contributed by atoms with Crippen LogP contribution < -0.4 is 0 Å². The van der Waals surface area contributed by atoms with Crippen LogP contribution in [-0.4, -0.2) is 34.4 Å². The Morgan fingerprint density at radius 1 is 1.73 bits per heavy atom. The van der Waals surface area contributed by atoms with Crippen molar-refractivity contribution in [2.45, 2.75) is 5.92 Å². The molecule has 1 amide bonds. The lowest BCUT2D eigenvalue weighted by Gasteiger charge is -2.35. The molecule has 0 saturated carbocycles. The van der Waals surface area contributed by atoms with Crippen molar-refractivity contribution >= 4 is 6.41 Å². The maximum atomic E-state index is 10.2. The van der Waals surface area contributed by atoms with Gasteiger partial charge in [-0.05, 0) is 0 Å². The van der Waals surface area contributed by atoms with E-state index in [1.807, 2.05) is 6.20 Å². The molecule has 0 spiro atoms. The van der Waals surface area contributed by atoms with Gasteiger partial charge in [0.2, 0.25) is 6.41 Å². The molecule has 1 aromatic rings. The molecule has 0 aliphatic carbocycles. The molecule has 0 bridgehead atoms. The van der Waals surface area contributed by atoms with Gasteiger partial charge in [0.05, 0.1) is 6.33 Å². The van der Waals surface area contributed by atoms with E-state index in [1.165, 1.54) is 0 Å². The van der Waals surface area contributed by atoms with Crippen molar-refractivity contribution < 1.29 is 4.79 Å². The highest BCUT2D eigenvalue weighted by Gasteiger charge is 2.27. The number of nitrogens with one attached hydrogen (secondary N) is 1. The van der Waals surface area contributed by atoms with Gasteiger partial charge in [-0.25, -0.2) is 4.98 Å². The number of aromatic nitrogens is 2. The first kappa shape index (κ1) is 6.39. The minimum absolute atomic E-state index is 0.475. The van der Waals surface area contributed by atoms with Crippen LogP contribution in [0.5, 0.6) is 0 Å². The van der Waals surface area contributed by atoms with E-state index in [4.69, 9.17) is 0 Å². The van der Waals surface area contributed by atoms with Crippen LogP contribution in [0, 0.1) is 0 Å². The highest BCUT2D eigenvalue weighted by molar-refractivity contribution is 5.49. The van der Waals surface area contributed by atoms with E-state index in [-0.39, 0.29) is 0 Å². The fraction of sp³-hybridized carbons (Fsp3) is 0.429. The van der Waals surface area contributed by atoms with Crippen LogP contribution in [0.15, 0.2) is 12.5 Å². The second kappa shape index (κ2) is 2.38. The van der Waals surface area contributed by atoms with Crippen molar-refractivity contribution in [3.8, 4) is 0 Å². The lowest BCUT2D eigenvalue weighted by Crippen LogP contribution is -2.43. The zero-order chi connectivity index (χ0) is 7.68. The molecule has 2 heterocycles. The Bertz CT molecular complexity index is 238. The van der Waals surface area contributed by atoms with Gasteiger partial charge in [0, 0.05) is 30.9 Å². The minimum Gasteiger partial charge on any atom is -0.348 e. The summed E-state index contributed by atoms with van der Waals surface area (Å²) < 4.78 is 0. The molecular weight excluding hydrogens is 142 g/mol. The summed E-state index contributed by atoms with van der Waals surface area (Å²) in [5.74, 6) is 0.475. The van der Waals surface area contributed by atoms with Gasteiger partial charge in [-0.2, -0.15) is 0 Å². The highest BCUT2D eigenvalue weighted by Crippen LogP contribution is 2.22. The average molecular weight is 151 g/mol. The lowest BCUT2D eigenvalue weighted by molar-refractivity contribution is -0.122. The topological polar surface area (TPSA) is 49.0 Å². The van der Waals surface area contributed by atoms with Crippen molar-refractivity contribution in [3.05, 3.63) is 18.2 Å². The quantitative estimate of drug-likeness (QED) is 0.603. The fourth-order valence-corrected chi connectivity index (χ4v) is 1.29. The first-order chi connectivity index (χ1) is 5.40. The number of rotatable bonds is 2. The predicted octanol–water partition coefficient (Wildman–Crippen LogP) is -0.0347. The second-order valence-corrected chi connectivity index (χ2v) is 2.76. The smallest absolute Gasteiger partial charge is 0.209 e. The van der Waals surface area contributed by atoms with Gasteiger partial charge in [0.25, 0.3) is 0 Å². The molecule has 58 valence electrons. The van der Waals surface area contributed by atoms with E-state index in [2.05, 4.69) is 9.97 Å². The number of hydrogen-bond acceptors (Lipinski definition) is 2. The monoisotopic (exact) mass is 151 g/mol. The number of imidazole rings is 1. The van der Waals surface area contributed by atoms with Crippen LogP contribution in [0.1, 0.15) is 11.6 Å². The van der Waals surface area contributed by atoms with Crippen LogP contribution in [0.4, 0.5) is 0 Å². The second-order valence-electron chi connectivity index (χ2n) is 2.76. The van der Waals surface area contributed by atoms with E-state index in [9.17, 15) is 4.79 Å². The third-order valence-electron chi connectivity index (χ3n) is 2.02.